The number of aromatic amines is 1. The first-order chi connectivity index (χ1) is 11.0. The summed E-state index contributed by atoms with van der Waals surface area (Å²) in [5, 5.41) is 9.89. The molecule has 0 radical (unpaired) electrons. The summed E-state index contributed by atoms with van der Waals surface area (Å²) in [6.07, 6.45) is 1.27. The van der Waals surface area contributed by atoms with Gasteiger partial charge in [0.05, 0.1) is 7.11 Å². The summed E-state index contributed by atoms with van der Waals surface area (Å²) in [5.74, 6) is 1.35. The first kappa shape index (κ1) is 15.6. The Morgan fingerprint density at radius 2 is 2.26 bits per heavy atom. The lowest BCUT2D eigenvalue weighted by Crippen LogP contribution is -2.46. The molecule has 1 aliphatic rings. The van der Waals surface area contributed by atoms with Gasteiger partial charge >= 0.3 is 0 Å². The number of hydrogen-bond acceptors (Lipinski definition) is 4. The maximum absolute atomic E-state index is 12.7. The third kappa shape index (κ3) is 2.59. The van der Waals surface area contributed by atoms with E-state index in [1.165, 1.54) is 0 Å². The fourth-order valence-electron chi connectivity index (χ4n) is 3.05. The van der Waals surface area contributed by atoms with Crippen LogP contribution in [0, 0.1) is 0 Å². The van der Waals surface area contributed by atoms with E-state index in [1.54, 1.807) is 7.11 Å². The molecule has 122 valence electrons. The van der Waals surface area contributed by atoms with E-state index < -0.39 is 5.54 Å². The number of anilines is 1. The van der Waals surface area contributed by atoms with Gasteiger partial charge in [-0.05, 0) is 36.0 Å². The van der Waals surface area contributed by atoms with Gasteiger partial charge in [0.2, 0.25) is 5.91 Å². The number of carbonyl (C=O) groups excluding carboxylic acids is 1. The predicted molar refractivity (Wildman–Crippen MR) is 88.5 cm³/mol. The van der Waals surface area contributed by atoms with Crippen LogP contribution in [0.2, 0.25) is 0 Å². The Kier molecular flexibility index (Phi) is 3.85. The molecule has 3 rings (SSSR count). The third-order valence-electron chi connectivity index (χ3n) is 4.47. The maximum atomic E-state index is 12.7. The number of nitrogens with one attached hydrogen (secondary N) is 2. The van der Waals surface area contributed by atoms with Gasteiger partial charge in [-0.1, -0.05) is 26.0 Å². The topological polar surface area (TPSA) is 93.0 Å². The lowest BCUT2D eigenvalue weighted by molar-refractivity contribution is -0.121. The molecule has 1 amide bonds. The van der Waals surface area contributed by atoms with E-state index in [0.717, 1.165) is 29.0 Å². The number of ether oxygens (including phenoxy) is 1. The number of amides is 1. The molecule has 0 bridgehead atoms. The number of hydrogen-bond donors (Lipinski definition) is 3. The van der Waals surface area contributed by atoms with Crippen molar-refractivity contribution in [2.24, 2.45) is 5.73 Å². The molecule has 0 spiro atoms. The molecule has 0 aliphatic heterocycles. The van der Waals surface area contributed by atoms with Gasteiger partial charge in [-0.2, -0.15) is 5.10 Å². The number of nitrogens with zero attached hydrogens (tertiary/aromatic N) is 1. The van der Waals surface area contributed by atoms with Crippen LogP contribution in [0.1, 0.15) is 43.0 Å². The molecule has 0 saturated heterocycles. The van der Waals surface area contributed by atoms with E-state index in [-0.39, 0.29) is 5.91 Å². The van der Waals surface area contributed by atoms with Crippen molar-refractivity contribution in [3.63, 3.8) is 0 Å². The average Bonchev–Trinajstić information content (AvgIpc) is 3.13. The lowest BCUT2D eigenvalue weighted by atomic mass is 9.92. The number of methoxy groups -OCH3 is 1. The summed E-state index contributed by atoms with van der Waals surface area (Å²) in [6, 6.07) is 7.50. The van der Waals surface area contributed by atoms with Crippen LogP contribution in [-0.4, -0.2) is 23.2 Å². The molecule has 1 aromatic heterocycles. The standard InChI is InChI=1S/C17H22N4O2/c1-10(2)13-9-15(21-20-13)19-16(22)17(18)8-7-11-12(17)5-4-6-14(11)23-3/h4-6,9-10H,7-8,18H2,1-3H3,(H2,19,20,21,22). The molecule has 1 aliphatic carbocycles. The summed E-state index contributed by atoms with van der Waals surface area (Å²) in [7, 11) is 1.63. The molecule has 0 fully saturated rings. The Hall–Kier alpha value is -2.34. The molecule has 4 N–H and O–H groups in total. The number of H-pyrrole nitrogens is 1. The largest absolute Gasteiger partial charge is 0.496 e. The smallest absolute Gasteiger partial charge is 0.250 e. The van der Waals surface area contributed by atoms with Gasteiger partial charge in [0, 0.05) is 11.8 Å². The number of benzene rings is 1. The van der Waals surface area contributed by atoms with Crippen molar-refractivity contribution < 1.29 is 9.53 Å². The molecular formula is C17H22N4O2. The fraction of sp³-hybridized carbons (Fsp3) is 0.412. The Labute approximate surface area is 135 Å². The van der Waals surface area contributed by atoms with Crippen LogP contribution in [0.25, 0.3) is 0 Å². The van der Waals surface area contributed by atoms with E-state index >= 15 is 0 Å². The Balaban J connectivity index is 1.86. The highest BCUT2D eigenvalue weighted by atomic mass is 16.5. The third-order valence-corrected chi connectivity index (χ3v) is 4.47. The van der Waals surface area contributed by atoms with Crippen LogP contribution in [0.3, 0.4) is 0 Å². The Morgan fingerprint density at radius 3 is 2.91 bits per heavy atom. The molecule has 1 atom stereocenters. The zero-order valence-electron chi connectivity index (χ0n) is 13.6. The van der Waals surface area contributed by atoms with Crippen LogP contribution in [0.15, 0.2) is 24.3 Å². The van der Waals surface area contributed by atoms with E-state index in [1.807, 2.05) is 24.3 Å². The molecular weight excluding hydrogens is 292 g/mol. The molecule has 23 heavy (non-hydrogen) atoms. The lowest BCUT2D eigenvalue weighted by Gasteiger charge is -2.23. The summed E-state index contributed by atoms with van der Waals surface area (Å²) in [4.78, 5) is 12.7. The van der Waals surface area contributed by atoms with Gasteiger partial charge in [0.25, 0.3) is 0 Å². The highest BCUT2D eigenvalue weighted by Gasteiger charge is 2.43. The van der Waals surface area contributed by atoms with Crippen molar-refractivity contribution >= 4 is 11.7 Å². The summed E-state index contributed by atoms with van der Waals surface area (Å²) in [6.45, 7) is 4.12. The summed E-state index contributed by atoms with van der Waals surface area (Å²) < 4.78 is 5.37. The maximum Gasteiger partial charge on any atom is 0.250 e. The first-order valence-electron chi connectivity index (χ1n) is 7.77. The quantitative estimate of drug-likeness (QED) is 0.807. The van der Waals surface area contributed by atoms with Crippen LogP contribution in [0.4, 0.5) is 5.82 Å². The first-order valence-corrected chi connectivity index (χ1v) is 7.77. The normalized spacial score (nSPS) is 19.7. The van der Waals surface area contributed by atoms with Crippen LogP contribution >= 0.6 is 0 Å². The average molecular weight is 314 g/mol. The van der Waals surface area contributed by atoms with E-state index in [0.29, 0.717) is 18.2 Å². The van der Waals surface area contributed by atoms with Crippen LogP contribution in [-0.2, 0) is 16.8 Å². The fourth-order valence-corrected chi connectivity index (χ4v) is 3.05. The monoisotopic (exact) mass is 314 g/mol. The van der Waals surface area contributed by atoms with E-state index in [2.05, 4.69) is 29.4 Å². The Morgan fingerprint density at radius 1 is 1.48 bits per heavy atom. The number of aromatic nitrogens is 2. The van der Waals surface area contributed by atoms with Crippen molar-refractivity contribution in [3.8, 4) is 5.75 Å². The van der Waals surface area contributed by atoms with Crippen LogP contribution < -0.4 is 15.8 Å². The molecule has 1 aromatic carbocycles. The predicted octanol–water partition coefficient (Wildman–Crippen LogP) is 2.28. The number of nitrogens with two attached hydrogens (primary N) is 1. The molecule has 2 aromatic rings. The zero-order valence-corrected chi connectivity index (χ0v) is 13.6. The highest BCUT2D eigenvalue weighted by molar-refractivity contribution is 5.99. The summed E-state index contributed by atoms with van der Waals surface area (Å²) in [5.41, 5.74) is 8.20. The van der Waals surface area contributed by atoms with E-state index in [9.17, 15) is 4.79 Å². The molecule has 6 nitrogen and oxygen atoms in total. The van der Waals surface area contributed by atoms with Gasteiger partial charge in [-0.15, -0.1) is 0 Å². The second kappa shape index (κ2) is 5.70. The minimum atomic E-state index is -1.05. The minimum absolute atomic E-state index is 0.244. The molecule has 6 heteroatoms. The second-order valence-electron chi connectivity index (χ2n) is 6.28. The molecule has 1 heterocycles. The molecule has 1 unspecified atom stereocenters. The van der Waals surface area contributed by atoms with Gasteiger partial charge in [0.1, 0.15) is 11.3 Å². The Bertz CT molecular complexity index is 738. The van der Waals surface area contributed by atoms with Crippen molar-refractivity contribution in [1.29, 1.82) is 0 Å². The van der Waals surface area contributed by atoms with Gasteiger partial charge in [-0.3, -0.25) is 9.89 Å². The number of fused-ring (bicyclic) bond motifs is 1. The summed E-state index contributed by atoms with van der Waals surface area (Å²) >= 11 is 0. The highest BCUT2D eigenvalue weighted by Crippen LogP contribution is 2.40. The van der Waals surface area contributed by atoms with Gasteiger partial charge in [-0.25, -0.2) is 0 Å². The van der Waals surface area contributed by atoms with E-state index in [4.69, 9.17) is 10.5 Å². The van der Waals surface area contributed by atoms with Gasteiger partial charge < -0.3 is 15.8 Å². The van der Waals surface area contributed by atoms with Crippen molar-refractivity contribution in [2.45, 2.75) is 38.1 Å². The molecule has 0 saturated carbocycles. The number of carbonyl (C=O) groups is 1. The minimum Gasteiger partial charge on any atom is -0.496 e. The number of rotatable bonds is 4. The van der Waals surface area contributed by atoms with Gasteiger partial charge in [0.15, 0.2) is 5.82 Å². The SMILES string of the molecule is COc1cccc2c1CCC2(N)C(=O)Nc1cc(C(C)C)[nH]n1. The van der Waals surface area contributed by atoms with Crippen LogP contribution in [0.5, 0.6) is 5.75 Å². The van der Waals surface area contributed by atoms with Crippen molar-refractivity contribution in [1.82, 2.24) is 10.2 Å². The van der Waals surface area contributed by atoms with Crippen molar-refractivity contribution in [3.05, 3.63) is 41.1 Å². The zero-order chi connectivity index (χ0) is 16.6. The van der Waals surface area contributed by atoms with Crippen molar-refractivity contribution in [2.75, 3.05) is 12.4 Å². The second-order valence-corrected chi connectivity index (χ2v) is 6.28.